The van der Waals surface area contributed by atoms with E-state index < -0.39 is 0 Å². The largest absolute Gasteiger partial charge is 0.390 e. The van der Waals surface area contributed by atoms with E-state index >= 15 is 0 Å². The van der Waals surface area contributed by atoms with E-state index in [0.717, 1.165) is 6.54 Å². The smallest absolute Gasteiger partial charge is 0.227 e. The van der Waals surface area contributed by atoms with E-state index in [1.54, 1.807) is 12.3 Å². The molecule has 0 saturated carbocycles. The lowest BCUT2D eigenvalue weighted by Crippen LogP contribution is -2.38. The highest BCUT2D eigenvalue weighted by Gasteiger charge is 2.33. The van der Waals surface area contributed by atoms with E-state index in [1.165, 1.54) is 0 Å². The molecule has 0 spiro atoms. The van der Waals surface area contributed by atoms with Gasteiger partial charge in [-0.25, -0.2) is 4.98 Å². The number of nitrogens with two attached hydrogens (primary N) is 1. The van der Waals surface area contributed by atoms with E-state index in [0.29, 0.717) is 18.3 Å². The number of aliphatic hydroxyl groups excluding tert-OH is 1. The number of aromatic nitrogens is 2. The van der Waals surface area contributed by atoms with Crippen LogP contribution in [0.2, 0.25) is 0 Å². The lowest BCUT2D eigenvalue weighted by atomic mass is 10.2. The molecule has 1 saturated heterocycles. The second-order valence-corrected chi connectivity index (χ2v) is 4.28. The Morgan fingerprint density at radius 2 is 2.25 bits per heavy atom. The summed E-state index contributed by atoms with van der Waals surface area (Å²) in [5, 5.41) is 9.89. The third-order valence-electron chi connectivity index (χ3n) is 2.87. The fourth-order valence-corrected chi connectivity index (χ4v) is 1.95. The predicted molar refractivity (Wildman–Crippen MR) is 62.1 cm³/mol. The van der Waals surface area contributed by atoms with Crippen LogP contribution in [0.1, 0.15) is 0 Å². The van der Waals surface area contributed by atoms with Crippen LogP contribution in [0, 0.1) is 0 Å². The highest BCUT2D eigenvalue weighted by atomic mass is 16.3. The van der Waals surface area contributed by atoms with E-state index in [4.69, 9.17) is 5.73 Å². The molecule has 1 aromatic rings. The second kappa shape index (κ2) is 4.23. The van der Waals surface area contributed by atoms with Gasteiger partial charge in [0, 0.05) is 19.3 Å². The van der Waals surface area contributed by atoms with E-state index in [-0.39, 0.29) is 12.1 Å². The fourth-order valence-electron chi connectivity index (χ4n) is 1.95. The van der Waals surface area contributed by atoms with Crippen LogP contribution in [-0.2, 0) is 0 Å². The SMILES string of the molecule is CN(C)[C@H]1CN(c2nccc(N)n2)C[C@@H]1O. The van der Waals surface area contributed by atoms with Crippen molar-refractivity contribution >= 4 is 11.8 Å². The molecule has 1 aliphatic heterocycles. The van der Waals surface area contributed by atoms with Crippen molar-refractivity contribution in [2.24, 2.45) is 0 Å². The third-order valence-corrected chi connectivity index (χ3v) is 2.87. The van der Waals surface area contributed by atoms with Gasteiger partial charge in [0.05, 0.1) is 12.1 Å². The lowest BCUT2D eigenvalue weighted by molar-refractivity contribution is 0.114. The highest BCUT2D eigenvalue weighted by Crippen LogP contribution is 2.19. The minimum atomic E-state index is -0.375. The van der Waals surface area contributed by atoms with Gasteiger partial charge in [-0.2, -0.15) is 4.98 Å². The Morgan fingerprint density at radius 3 is 2.81 bits per heavy atom. The molecule has 1 fully saturated rings. The highest BCUT2D eigenvalue weighted by molar-refractivity contribution is 5.39. The fraction of sp³-hybridized carbons (Fsp3) is 0.600. The normalized spacial score (nSPS) is 25.4. The van der Waals surface area contributed by atoms with Crippen molar-refractivity contribution in [3.8, 4) is 0 Å². The van der Waals surface area contributed by atoms with Crippen molar-refractivity contribution in [3.05, 3.63) is 12.3 Å². The van der Waals surface area contributed by atoms with Crippen molar-refractivity contribution in [2.45, 2.75) is 12.1 Å². The molecule has 6 heteroatoms. The van der Waals surface area contributed by atoms with Gasteiger partial charge in [0.2, 0.25) is 5.95 Å². The maximum Gasteiger partial charge on any atom is 0.227 e. The molecule has 16 heavy (non-hydrogen) atoms. The Morgan fingerprint density at radius 1 is 1.50 bits per heavy atom. The van der Waals surface area contributed by atoms with Crippen LogP contribution in [0.15, 0.2) is 12.3 Å². The van der Waals surface area contributed by atoms with Gasteiger partial charge in [-0.1, -0.05) is 0 Å². The van der Waals surface area contributed by atoms with Gasteiger partial charge >= 0.3 is 0 Å². The number of hydrogen-bond donors (Lipinski definition) is 2. The molecule has 2 atom stereocenters. The molecule has 0 unspecified atom stereocenters. The molecule has 0 aromatic carbocycles. The number of hydrogen-bond acceptors (Lipinski definition) is 6. The summed E-state index contributed by atoms with van der Waals surface area (Å²) in [6, 6.07) is 1.77. The standard InChI is InChI=1S/C10H17N5O/c1-14(2)7-5-15(6-8(7)16)10-12-4-3-9(11)13-10/h3-4,7-8,16H,5-6H2,1-2H3,(H2,11,12,13)/t7-,8-/m0/s1. The Hall–Kier alpha value is -1.40. The minimum Gasteiger partial charge on any atom is -0.390 e. The van der Waals surface area contributed by atoms with E-state index in [9.17, 15) is 5.11 Å². The summed E-state index contributed by atoms with van der Waals surface area (Å²) in [6.07, 6.45) is 1.26. The second-order valence-electron chi connectivity index (χ2n) is 4.28. The monoisotopic (exact) mass is 223 g/mol. The average Bonchev–Trinajstić information content (AvgIpc) is 2.60. The van der Waals surface area contributed by atoms with E-state index in [1.807, 2.05) is 23.9 Å². The van der Waals surface area contributed by atoms with Crippen LogP contribution < -0.4 is 10.6 Å². The average molecular weight is 223 g/mol. The lowest BCUT2D eigenvalue weighted by Gasteiger charge is -2.21. The van der Waals surface area contributed by atoms with E-state index in [2.05, 4.69) is 9.97 Å². The van der Waals surface area contributed by atoms with Gasteiger partial charge in [0.1, 0.15) is 5.82 Å². The van der Waals surface area contributed by atoms with Crippen molar-refractivity contribution < 1.29 is 5.11 Å². The summed E-state index contributed by atoms with van der Waals surface area (Å²) in [5.41, 5.74) is 5.60. The minimum absolute atomic E-state index is 0.116. The number of nitrogens with zero attached hydrogens (tertiary/aromatic N) is 4. The summed E-state index contributed by atoms with van der Waals surface area (Å²) in [5.74, 6) is 1.04. The summed E-state index contributed by atoms with van der Waals surface area (Å²) < 4.78 is 0. The molecule has 6 nitrogen and oxygen atoms in total. The molecular weight excluding hydrogens is 206 g/mol. The van der Waals surface area contributed by atoms with Gasteiger partial charge in [-0.3, -0.25) is 0 Å². The summed E-state index contributed by atoms with van der Waals surface area (Å²) in [4.78, 5) is 12.3. The molecule has 0 amide bonds. The molecule has 1 aromatic heterocycles. The molecule has 0 radical (unpaired) electrons. The van der Waals surface area contributed by atoms with Gasteiger partial charge in [-0.15, -0.1) is 0 Å². The first-order valence-corrected chi connectivity index (χ1v) is 5.26. The van der Waals surface area contributed by atoms with Crippen molar-refractivity contribution in [1.82, 2.24) is 14.9 Å². The number of nitrogen functional groups attached to an aromatic ring is 1. The number of β-amino-alcohol motifs (C(OH)–C–C–N with tert-alkyl or cyclic N) is 1. The Labute approximate surface area is 94.7 Å². The van der Waals surface area contributed by atoms with Crippen LogP contribution in [0.4, 0.5) is 11.8 Å². The Balaban J connectivity index is 2.13. The quantitative estimate of drug-likeness (QED) is 0.681. The zero-order valence-corrected chi connectivity index (χ0v) is 9.54. The number of likely N-dealkylation sites (N-methyl/N-ethyl adjacent to an activating group) is 1. The molecule has 2 rings (SSSR count). The third kappa shape index (κ3) is 2.07. The first kappa shape index (κ1) is 11.1. The van der Waals surface area contributed by atoms with Crippen LogP contribution in [0.5, 0.6) is 0 Å². The van der Waals surface area contributed by atoms with Crippen LogP contribution in [-0.4, -0.2) is 59.3 Å². The predicted octanol–water partition coefficient (Wildman–Crippen LogP) is -0.830. The van der Waals surface area contributed by atoms with Gasteiger partial charge in [0.25, 0.3) is 0 Å². The van der Waals surface area contributed by atoms with Crippen molar-refractivity contribution in [2.75, 3.05) is 37.8 Å². The summed E-state index contributed by atoms with van der Waals surface area (Å²) in [6.45, 7) is 1.27. The van der Waals surface area contributed by atoms with Crippen LogP contribution in [0.3, 0.4) is 0 Å². The van der Waals surface area contributed by atoms with Gasteiger partial charge < -0.3 is 20.6 Å². The molecular formula is C10H17N5O. The molecule has 88 valence electrons. The Kier molecular flexibility index (Phi) is 2.93. The molecule has 2 heterocycles. The van der Waals surface area contributed by atoms with Crippen molar-refractivity contribution in [1.29, 1.82) is 0 Å². The molecule has 0 aliphatic carbocycles. The molecule has 0 bridgehead atoms. The summed E-state index contributed by atoms with van der Waals surface area (Å²) >= 11 is 0. The summed E-state index contributed by atoms with van der Waals surface area (Å²) in [7, 11) is 3.91. The zero-order chi connectivity index (χ0) is 11.7. The van der Waals surface area contributed by atoms with Crippen molar-refractivity contribution in [3.63, 3.8) is 0 Å². The first-order valence-electron chi connectivity index (χ1n) is 5.26. The number of anilines is 2. The topological polar surface area (TPSA) is 78.5 Å². The number of rotatable bonds is 2. The van der Waals surface area contributed by atoms with Gasteiger partial charge in [0.15, 0.2) is 0 Å². The maximum absolute atomic E-state index is 9.89. The first-order chi connectivity index (χ1) is 7.58. The Bertz CT molecular complexity index is 370. The van der Waals surface area contributed by atoms with Crippen LogP contribution >= 0.6 is 0 Å². The zero-order valence-electron chi connectivity index (χ0n) is 9.54. The molecule has 3 N–H and O–H groups in total. The maximum atomic E-state index is 9.89. The van der Waals surface area contributed by atoms with Crippen LogP contribution in [0.25, 0.3) is 0 Å². The van der Waals surface area contributed by atoms with Gasteiger partial charge in [-0.05, 0) is 20.2 Å². The molecule has 1 aliphatic rings. The number of aliphatic hydroxyl groups is 1.